The number of nitrogens with one attached hydrogen (secondary N) is 2. The number of carbonyl (C=O) groups is 1. The summed E-state index contributed by atoms with van der Waals surface area (Å²) in [5.41, 5.74) is 1.83. The van der Waals surface area contributed by atoms with Crippen LogP contribution in [0, 0.1) is 6.92 Å². The third-order valence-corrected chi connectivity index (χ3v) is 3.39. The Kier molecular flexibility index (Phi) is 5.33. The van der Waals surface area contributed by atoms with E-state index >= 15 is 0 Å². The van der Waals surface area contributed by atoms with Gasteiger partial charge in [0, 0.05) is 22.4 Å². The summed E-state index contributed by atoms with van der Waals surface area (Å²) in [4.78, 5) is 20.7. The summed E-state index contributed by atoms with van der Waals surface area (Å²) in [6, 6.07) is 9.02. The molecule has 1 amide bonds. The van der Waals surface area contributed by atoms with Gasteiger partial charge in [-0.15, -0.1) is 0 Å². The second kappa shape index (κ2) is 7.22. The van der Waals surface area contributed by atoms with Gasteiger partial charge in [-0.2, -0.15) is 0 Å². The second-order valence-corrected chi connectivity index (χ2v) is 5.57. The number of carbonyl (C=O) groups excluding carboxylic acids is 1. The lowest BCUT2D eigenvalue weighted by molar-refractivity contribution is 0.0934. The van der Waals surface area contributed by atoms with Crippen LogP contribution in [0.1, 0.15) is 36.5 Å². The number of hydrogen-bond donors (Lipinski definition) is 2. The smallest absolute Gasteiger partial charge is 0.270 e. The lowest BCUT2D eigenvalue weighted by atomic mass is 10.2. The standard InChI is InChI=1S/C16H19ClN4O/c1-4-10(2)18-15(22)14-8-11(3)19-16(21-14)20-13-7-5-6-12(17)9-13/h5-10H,4H2,1-3H3,(H,18,22)(H,19,20,21). The minimum Gasteiger partial charge on any atom is -0.348 e. The van der Waals surface area contributed by atoms with Gasteiger partial charge in [-0.05, 0) is 44.5 Å². The van der Waals surface area contributed by atoms with Crippen LogP contribution in [0.15, 0.2) is 30.3 Å². The van der Waals surface area contributed by atoms with Gasteiger partial charge in [-0.3, -0.25) is 4.79 Å². The highest BCUT2D eigenvalue weighted by atomic mass is 35.5. The molecule has 0 bridgehead atoms. The Morgan fingerprint density at radius 1 is 1.32 bits per heavy atom. The van der Waals surface area contributed by atoms with Crippen molar-refractivity contribution in [1.82, 2.24) is 15.3 Å². The summed E-state index contributed by atoms with van der Waals surface area (Å²) < 4.78 is 0. The molecule has 0 fully saturated rings. The molecule has 0 aliphatic carbocycles. The van der Waals surface area contributed by atoms with Gasteiger partial charge in [0.15, 0.2) is 0 Å². The molecule has 1 atom stereocenters. The molecule has 0 radical (unpaired) electrons. The fourth-order valence-electron chi connectivity index (χ4n) is 1.84. The summed E-state index contributed by atoms with van der Waals surface area (Å²) in [6.45, 7) is 5.80. The number of aromatic nitrogens is 2. The Morgan fingerprint density at radius 3 is 2.77 bits per heavy atom. The van der Waals surface area contributed by atoms with Gasteiger partial charge < -0.3 is 10.6 Å². The van der Waals surface area contributed by atoms with E-state index in [0.717, 1.165) is 12.1 Å². The van der Waals surface area contributed by atoms with Gasteiger partial charge in [0.1, 0.15) is 5.69 Å². The number of hydrogen-bond acceptors (Lipinski definition) is 4. The zero-order valence-electron chi connectivity index (χ0n) is 12.9. The van der Waals surface area contributed by atoms with Crippen molar-refractivity contribution in [3.63, 3.8) is 0 Å². The first-order valence-corrected chi connectivity index (χ1v) is 7.55. The second-order valence-electron chi connectivity index (χ2n) is 5.14. The molecular formula is C16H19ClN4O. The maximum Gasteiger partial charge on any atom is 0.270 e. The zero-order chi connectivity index (χ0) is 16.1. The first-order chi connectivity index (χ1) is 10.5. The van der Waals surface area contributed by atoms with Crippen molar-refractivity contribution in [2.24, 2.45) is 0 Å². The average Bonchev–Trinajstić information content (AvgIpc) is 2.46. The minimum atomic E-state index is -0.200. The van der Waals surface area contributed by atoms with E-state index in [0.29, 0.717) is 22.4 Å². The molecule has 0 spiro atoms. The summed E-state index contributed by atoms with van der Waals surface area (Å²) in [5, 5.41) is 6.57. The van der Waals surface area contributed by atoms with Crippen molar-refractivity contribution < 1.29 is 4.79 Å². The maximum atomic E-state index is 12.2. The van der Waals surface area contributed by atoms with E-state index in [1.807, 2.05) is 32.9 Å². The highest BCUT2D eigenvalue weighted by Crippen LogP contribution is 2.18. The lowest BCUT2D eigenvalue weighted by Gasteiger charge is -2.12. The van der Waals surface area contributed by atoms with Crippen LogP contribution < -0.4 is 10.6 Å². The summed E-state index contributed by atoms with van der Waals surface area (Å²) in [6.07, 6.45) is 0.865. The van der Waals surface area contributed by atoms with Gasteiger partial charge in [0.25, 0.3) is 5.91 Å². The predicted molar refractivity (Wildman–Crippen MR) is 88.7 cm³/mol. The van der Waals surface area contributed by atoms with Crippen molar-refractivity contribution in [2.45, 2.75) is 33.2 Å². The van der Waals surface area contributed by atoms with E-state index in [4.69, 9.17) is 11.6 Å². The monoisotopic (exact) mass is 318 g/mol. The molecule has 22 heavy (non-hydrogen) atoms. The van der Waals surface area contributed by atoms with Crippen molar-refractivity contribution in [3.8, 4) is 0 Å². The van der Waals surface area contributed by atoms with E-state index < -0.39 is 0 Å². The zero-order valence-corrected chi connectivity index (χ0v) is 13.6. The Hall–Kier alpha value is -2.14. The lowest BCUT2D eigenvalue weighted by Crippen LogP contribution is -2.32. The van der Waals surface area contributed by atoms with Crippen LogP contribution in [0.4, 0.5) is 11.6 Å². The molecule has 0 saturated heterocycles. The molecule has 116 valence electrons. The number of rotatable bonds is 5. The van der Waals surface area contributed by atoms with E-state index in [9.17, 15) is 4.79 Å². The first kappa shape index (κ1) is 16.2. The summed E-state index contributed by atoms with van der Waals surface area (Å²) in [5.74, 6) is 0.172. The molecule has 2 rings (SSSR count). The van der Waals surface area contributed by atoms with Gasteiger partial charge in [0.05, 0.1) is 0 Å². The Morgan fingerprint density at radius 2 is 2.09 bits per heavy atom. The quantitative estimate of drug-likeness (QED) is 0.882. The highest BCUT2D eigenvalue weighted by molar-refractivity contribution is 6.30. The molecule has 1 aromatic heterocycles. The third-order valence-electron chi connectivity index (χ3n) is 3.16. The normalized spacial score (nSPS) is 11.8. The van der Waals surface area contributed by atoms with Crippen LogP contribution in [0.5, 0.6) is 0 Å². The fraction of sp³-hybridized carbons (Fsp3) is 0.312. The van der Waals surface area contributed by atoms with Gasteiger partial charge in [-0.1, -0.05) is 24.6 Å². The maximum absolute atomic E-state index is 12.2. The number of amides is 1. The van der Waals surface area contributed by atoms with Gasteiger partial charge >= 0.3 is 0 Å². The van der Waals surface area contributed by atoms with Crippen LogP contribution in [0.3, 0.4) is 0 Å². The van der Waals surface area contributed by atoms with Crippen LogP contribution in [-0.2, 0) is 0 Å². The number of benzene rings is 1. The molecule has 0 aliphatic rings. The van der Waals surface area contributed by atoms with Crippen molar-refractivity contribution >= 4 is 29.1 Å². The van der Waals surface area contributed by atoms with Crippen LogP contribution in [-0.4, -0.2) is 21.9 Å². The Labute approximate surface area is 135 Å². The molecule has 5 nitrogen and oxygen atoms in total. The van der Waals surface area contributed by atoms with E-state index in [1.165, 1.54) is 0 Å². The predicted octanol–water partition coefficient (Wildman–Crippen LogP) is 3.71. The largest absolute Gasteiger partial charge is 0.348 e. The molecule has 6 heteroatoms. The molecule has 0 saturated carbocycles. The Balaban J connectivity index is 2.21. The molecular weight excluding hydrogens is 300 g/mol. The molecule has 1 unspecified atom stereocenters. The number of nitrogens with zero attached hydrogens (tertiary/aromatic N) is 2. The highest BCUT2D eigenvalue weighted by Gasteiger charge is 2.12. The van der Waals surface area contributed by atoms with Crippen LogP contribution in [0.25, 0.3) is 0 Å². The summed E-state index contributed by atoms with van der Waals surface area (Å²) in [7, 11) is 0. The van der Waals surface area contributed by atoms with Crippen LogP contribution in [0.2, 0.25) is 5.02 Å². The first-order valence-electron chi connectivity index (χ1n) is 7.17. The van der Waals surface area contributed by atoms with Gasteiger partial charge in [-0.25, -0.2) is 9.97 Å². The number of anilines is 2. The van der Waals surface area contributed by atoms with Gasteiger partial charge in [0.2, 0.25) is 5.95 Å². The number of aryl methyl sites for hydroxylation is 1. The van der Waals surface area contributed by atoms with Crippen LogP contribution >= 0.6 is 11.6 Å². The SMILES string of the molecule is CCC(C)NC(=O)c1cc(C)nc(Nc2cccc(Cl)c2)n1. The average molecular weight is 319 g/mol. The minimum absolute atomic E-state index is 0.104. The molecule has 2 aromatic rings. The number of halogens is 1. The van der Waals surface area contributed by atoms with Crippen molar-refractivity contribution in [3.05, 3.63) is 46.7 Å². The topological polar surface area (TPSA) is 66.9 Å². The summed E-state index contributed by atoms with van der Waals surface area (Å²) >= 11 is 5.95. The van der Waals surface area contributed by atoms with E-state index in [1.54, 1.807) is 18.2 Å². The fourth-order valence-corrected chi connectivity index (χ4v) is 2.03. The Bertz CT molecular complexity index is 675. The van der Waals surface area contributed by atoms with E-state index in [-0.39, 0.29) is 11.9 Å². The third kappa shape index (κ3) is 4.43. The molecule has 0 aliphatic heterocycles. The van der Waals surface area contributed by atoms with Crippen molar-refractivity contribution in [1.29, 1.82) is 0 Å². The molecule has 2 N–H and O–H groups in total. The molecule has 1 heterocycles. The molecule has 1 aromatic carbocycles. The van der Waals surface area contributed by atoms with E-state index in [2.05, 4.69) is 20.6 Å². The van der Waals surface area contributed by atoms with Crippen molar-refractivity contribution in [2.75, 3.05) is 5.32 Å².